The molecule has 0 aliphatic carbocycles. The summed E-state index contributed by atoms with van der Waals surface area (Å²) in [6.45, 7) is 4.30. The highest BCUT2D eigenvalue weighted by molar-refractivity contribution is 9.11. The van der Waals surface area contributed by atoms with Crippen LogP contribution in [0.1, 0.15) is 23.0 Å². The summed E-state index contributed by atoms with van der Waals surface area (Å²) in [4.78, 5) is 31.1. The Balaban J connectivity index is 1.93. The average Bonchev–Trinajstić information content (AvgIpc) is 2.92. The molecule has 0 N–H and O–H groups in total. The van der Waals surface area contributed by atoms with E-state index < -0.39 is 0 Å². The van der Waals surface area contributed by atoms with E-state index in [0.29, 0.717) is 10.8 Å². The second-order valence-electron chi connectivity index (χ2n) is 6.37. The summed E-state index contributed by atoms with van der Waals surface area (Å²) in [6, 6.07) is 3.87. The lowest BCUT2D eigenvalue weighted by atomic mass is 9.93. The molecule has 1 saturated heterocycles. The molecule has 1 aliphatic rings. The molecule has 0 radical (unpaired) electrons. The smallest absolute Gasteiger partial charge is 0.264 e. The number of halogens is 1. The van der Waals surface area contributed by atoms with Crippen LogP contribution in [0.15, 0.2) is 15.9 Å². The van der Waals surface area contributed by atoms with Gasteiger partial charge in [0.25, 0.3) is 5.91 Å². The van der Waals surface area contributed by atoms with E-state index in [1.165, 1.54) is 16.2 Å². The van der Waals surface area contributed by atoms with Gasteiger partial charge in [0.05, 0.1) is 15.2 Å². The first kappa shape index (κ1) is 18.4. The molecule has 1 fully saturated rings. The molecule has 0 bridgehead atoms. The van der Waals surface area contributed by atoms with Crippen molar-refractivity contribution in [3.63, 3.8) is 0 Å². The quantitative estimate of drug-likeness (QED) is 0.777. The van der Waals surface area contributed by atoms with Crippen molar-refractivity contribution >= 4 is 39.1 Å². The standard InChI is InChI=1S/C16H24BrN3O2S/c1-11-9-18(2)8-7-12(11)20(4)15(21)10-19(3)16(22)13-5-6-14(17)23-13/h5-6,11-12H,7-10H2,1-4H3/t11-,12-/m1/s1. The number of nitrogens with zero attached hydrogens (tertiary/aromatic N) is 3. The third-order valence-corrected chi connectivity index (χ3v) is 6.07. The van der Waals surface area contributed by atoms with E-state index in [9.17, 15) is 9.59 Å². The Kier molecular flexibility index (Phi) is 6.22. The highest BCUT2D eigenvalue weighted by atomic mass is 79.9. The fourth-order valence-corrected chi connectivity index (χ4v) is 4.49. The van der Waals surface area contributed by atoms with Crippen molar-refractivity contribution < 1.29 is 9.59 Å². The van der Waals surface area contributed by atoms with E-state index >= 15 is 0 Å². The summed E-state index contributed by atoms with van der Waals surface area (Å²) in [7, 11) is 5.65. The maximum Gasteiger partial charge on any atom is 0.264 e. The minimum atomic E-state index is -0.112. The minimum absolute atomic E-state index is 0.00197. The third-order valence-electron chi connectivity index (χ3n) is 4.46. The van der Waals surface area contributed by atoms with Gasteiger partial charge in [0, 0.05) is 26.7 Å². The fourth-order valence-electron chi connectivity index (χ4n) is 3.11. The van der Waals surface area contributed by atoms with Crippen LogP contribution < -0.4 is 0 Å². The van der Waals surface area contributed by atoms with Gasteiger partial charge in [0.15, 0.2) is 0 Å². The number of likely N-dealkylation sites (tertiary alicyclic amines) is 1. The fraction of sp³-hybridized carbons (Fsp3) is 0.625. The maximum atomic E-state index is 12.5. The Labute approximate surface area is 150 Å². The van der Waals surface area contributed by atoms with Gasteiger partial charge < -0.3 is 14.7 Å². The molecule has 2 atom stereocenters. The topological polar surface area (TPSA) is 43.9 Å². The monoisotopic (exact) mass is 401 g/mol. The van der Waals surface area contributed by atoms with Crippen LogP contribution in [0.5, 0.6) is 0 Å². The van der Waals surface area contributed by atoms with Crippen LogP contribution in [0.4, 0.5) is 0 Å². The van der Waals surface area contributed by atoms with Crippen LogP contribution >= 0.6 is 27.3 Å². The number of amides is 2. The summed E-state index contributed by atoms with van der Waals surface area (Å²) < 4.78 is 0.915. The molecule has 23 heavy (non-hydrogen) atoms. The first-order chi connectivity index (χ1) is 10.8. The largest absolute Gasteiger partial charge is 0.341 e. The summed E-state index contributed by atoms with van der Waals surface area (Å²) in [6.07, 6.45) is 0.982. The van der Waals surface area contributed by atoms with Crippen LogP contribution in [0.3, 0.4) is 0 Å². The van der Waals surface area contributed by atoms with E-state index in [4.69, 9.17) is 0 Å². The number of hydrogen-bond acceptors (Lipinski definition) is 4. The van der Waals surface area contributed by atoms with Crippen molar-refractivity contribution in [3.05, 3.63) is 20.8 Å². The van der Waals surface area contributed by atoms with E-state index in [0.717, 1.165) is 23.3 Å². The van der Waals surface area contributed by atoms with E-state index in [2.05, 4.69) is 34.8 Å². The molecule has 2 rings (SSSR count). The SMILES string of the molecule is C[C@@H]1CN(C)CC[C@H]1N(C)C(=O)CN(C)C(=O)c1ccc(Br)s1. The molecule has 5 nitrogen and oxygen atoms in total. The summed E-state index contributed by atoms with van der Waals surface area (Å²) in [5.74, 6) is 0.328. The normalized spacial score (nSPS) is 22.0. The molecule has 0 unspecified atom stereocenters. The predicted octanol–water partition coefficient (Wildman–Crippen LogP) is 2.38. The Morgan fingerprint density at radius 1 is 1.39 bits per heavy atom. The van der Waals surface area contributed by atoms with Crippen molar-refractivity contribution in [2.45, 2.75) is 19.4 Å². The Morgan fingerprint density at radius 2 is 2.09 bits per heavy atom. The number of carbonyl (C=O) groups excluding carboxylic acids is 2. The van der Waals surface area contributed by atoms with E-state index in [1.807, 2.05) is 18.0 Å². The van der Waals surface area contributed by atoms with Gasteiger partial charge in [-0.3, -0.25) is 9.59 Å². The van der Waals surface area contributed by atoms with Crippen molar-refractivity contribution in [3.8, 4) is 0 Å². The zero-order valence-corrected chi connectivity index (χ0v) is 16.5. The van der Waals surface area contributed by atoms with Gasteiger partial charge >= 0.3 is 0 Å². The van der Waals surface area contributed by atoms with Crippen LogP contribution in [-0.2, 0) is 4.79 Å². The van der Waals surface area contributed by atoms with Crippen molar-refractivity contribution in [1.29, 1.82) is 0 Å². The number of rotatable bonds is 4. The molecule has 128 valence electrons. The minimum Gasteiger partial charge on any atom is -0.341 e. The zero-order valence-electron chi connectivity index (χ0n) is 14.1. The van der Waals surface area contributed by atoms with Crippen LogP contribution in [0, 0.1) is 5.92 Å². The molecule has 2 heterocycles. The first-order valence-corrected chi connectivity index (χ1v) is 9.35. The van der Waals surface area contributed by atoms with Crippen molar-refractivity contribution in [2.75, 3.05) is 40.8 Å². The summed E-state index contributed by atoms with van der Waals surface area (Å²) in [5, 5.41) is 0. The predicted molar refractivity (Wildman–Crippen MR) is 96.8 cm³/mol. The highest BCUT2D eigenvalue weighted by Crippen LogP contribution is 2.23. The van der Waals surface area contributed by atoms with Gasteiger partial charge in [0.1, 0.15) is 0 Å². The number of carbonyl (C=O) groups is 2. The summed E-state index contributed by atoms with van der Waals surface area (Å²) >= 11 is 4.74. The lowest BCUT2D eigenvalue weighted by Gasteiger charge is -2.40. The third kappa shape index (κ3) is 4.55. The van der Waals surface area contributed by atoms with E-state index in [-0.39, 0.29) is 24.4 Å². The molecule has 1 aromatic rings. The molecular formula is C16H24BrN3O2S. The number of likely N-dealkylation sites (N-methyl/N-ethyl adjacent to an activating group) is 2. The lowest BCUT2D eigenvalue weighted by Crippen LogP contribution is -2.51. The molecule has 2 amide bonds. The van der Waals surface area contributed by atoms with Gasteiger partial charge in [-0.2, -0.15) is 0 Å². The summed E-state index contributed by atoms with van der Waals surface area (Å²) in [5.41, 5.74) is 0. The van der Waals surface area contributed by atoms with Crippen LogP contribution in [0.2, 0.25) is 0 Å². The molecule has 1 aliphatic heterocycles. The van der Waals surface area contributed by atoms with Crippen molar-refractivity contribution in [2.24, 2.45) is 5.92 Å². The second-order valence-corrected chi connectivity index (χ2v) is 8.83. The average molecular weight is 402 g/mol. The molecule has 1 aromatic heterocycles. The van der Waals surface area contributed by atoms with Crippen molar-refractivity contribution in [1.82, 2.24) is 14.7 Å². The second kappa shape index (κ2) is 7.77. The van der Waals surface area contributed by atoms with Crippen LogP contribution in [0.25, 0.3) is 0 Å². The molecule has 0 spiro atoms. The van der Waals surface area contributed by atoms with Gasteiger partial charge in [-0.05, 0) is 54.0 Å². The Morgan fingerprint density at radius 3 is 2.65 bits per heavy atom. The maximum absolute atomic E-state index is 12.5. The molecule has 7 heteroatoms. The van der Waals surface area contributed by atoms with E-state index in [1.54, 1.807) is 13.1 Å². The number of hydrogen-bond donors (Lipinski definition) is 0. The molecule has 0 saturated carbocycles. The Hall–Kier alpha value is -0.920. The van der Waals surface area contributed by atoms with Gasteiger partial charge in [-0.15, -0.1) is 11.3 Å². The van der Waals surface area contributed by atoms with Gasteiger partial charge in [-0.1, -0.05) is 6.92 Å². The van der Waals surface area contributed by atoms with Gasteiger partial charge in [-0.25, -0.2) is 0 Å². The molecule has 0 aromatic carbocycles. The number of piperidine rings is 1. The first-order valence-electron chi connectivity index (χ1n) is 7.74. The highest BCUT2D eigenvalue weighted by Gasteiger charge is 2.30. The number of thiophene rings is 1. The Bertz CT molecular complexity index is 577. The lowest BCUT2D eigenvalue weighted by molar-refractivity contribution is -0.134. The van der Waals surface area contributed by atoms with Gasteiger partial charge in [0.2, 0.25) is 5.91 Å². The zero-order chi connectivity index (χ0) is 17.1. The van der Waals surface area contributed by atoms with Crippen LogP contribution in [-0.4, -0.2) is 73.3 Å². The molecular weight excluding hydrogens is 378 g/mol.